The van der Waals surface area contributed by atoms with Gasteiger partial charge in [0.05, 0.1) is 13.2 Å². The molecule has 0 atom stereocenters. The summed E-state index contributed by atoms with van der Waals surface area (Å²) in [6, 6.07) is 4.10. The van der Waals surface area contributed by atoms with E-state index in [2.05, 4.69) is 21.3 Å². The molecule has 3 rings (SSSR count). The first-order valence-corrected chi connectivity index (χ1v) is 9.19. The van der Waals surface area contributed by atoms with Gasteiger partial charge in [0.2, 0.25) is 5.91 Å². The Labute approximate surface area is 144 Å². The van der Waals surface area contributed by atoms with E-state index in [-0.39, 0.29) is 11.4 Å². The highest BCUT2D eigenvalue weighted by Gasteiger charge is 2.41. The Morgan fingerprint density at radius 3 is 2.71 bits per heavy atom. The minimum Gasteiger partial charge on any atom is -0.379 e. The van der Waals surface area contributed by atoms with E-state index in [9.17, 15) is 4.79 Å². The predicted octanol–water partition coefficient (Wildman–Crippen LogP) is 2.08. The third kappa shape index (κ3) is 4.33. The minimum atomic E-state index is 0.0687. The molecule has 5 heteroatoms. The summed E-state index contributed by atoms with van der Waals surface area (Å²) in [5.41, 5.74) is 2.26. The molecule has 2 fully saturated rings. The molecule has 1 amide bonds. The molecule has 0 radical (unpaired) electrons. The van der Waals surface area contributed by atoms with Gasteiger partial charge < -0.3 is 10.1 Å². The van der Waals surface area contributed by atoms with Gasteiger partial charge in [0.15, 0.2) is 0 Å². The van der Waals surface area contributed by atoms with Crippen molar-refractivity contribution in [3.05, 3.63) is 29.6 Å². The monoisotopic (exact) mass is 331 g/mol. The molecule has 0 aromatic carbocycles. The molecule has 24 heavy (non-hydrogen) atoms. The maximum absolute atomic E-state index is 12.5. The molecule has 2 heterocycles. The number of aromatic nitrogens is 1. The summed E-state index contributed by atoms with van der Waals surface area (Å²) < 4.78 is 5.48. The first kappa shape index (κ1) is 17.4. The van der Waals surface area contributed by atoms with Gasteiger partial charge >= 0.3 is 0 Å². The lowest BCUT2D eigenvalue weighted by Crippen LogP contribution is -2.54. The largest absolute Gasteiger partial charge is 0.379 e. The van der Waals surface area contributed by atoms with Crippen LogP contribution in [0.15, 0.2) is 18.3 Å². The van der Waals surface area contributed by atoms with Gasteiger partial charge in [0.1, 0.15) is 0 Å². The summed E-state index contributed by atoms with van der Waals surface area (Å²) in [6.07, 6.45) is 8.11. The van der Waals surface area contributed by atoms with Crippen molar-refractivity contribution < 1.29 is 9.53 Å². The summed E-state index contributed by atoms with van der Waals surface area (Å²) in [6.45, 7) is 6.18. The number of nitrogens with one attached hydrogen (secondary N) is 1. The van der Waals surface area contributed by atoms with Crippen molar-refractivity contribution in [3.8, 4) is 0 Å². The molecule has 1 aromatic heterocycles. The molecule has 1 N–H and O–H groups in total. The number of ether oxygens (including phenoxy) is 1. The van der Waals surface area contributed by atoms with E-state index >= 15 is 0 Å². The number of carbonyl (C=O) groups is 1. The van der Waals surface area contributed by atoms with Crippen LogP contribution in [0.3, 0.4) is 0 Å². The van der Waals surface area contributed by atoms with Crippen LogP contribution in [0.5, 0.6) is 0 Å². The number of hydrogen-bond donors (Lipinski definition) is 1. The maximum atomic E-state index is 12.5. The Bertz CT molecular complexity index is 532. The van der Waals surface area contributed by atoms with Gasteiger partial charge in [-0.25, -0.2) is 0 Å². The molecule has 1 aliphatic carbocycles. The molecular weight excluding hydrogens is 302 g/mol. The van der Waals surface area contributed by atoms with E-state index < -0.39 is 0 Å². The smallest absolute Gasteiger partial charge is 0.221 e. The van der Waals surface area contributed by atoms with Crippen LogP contribution >= 0.6 is 0 Å². The number of amides is 1. The maximum Gasteiger partial charge on any atom is 0.221 e. The fourth-order valence-electron chi connectivity index (χ4n) is 4.03. The van der Waals surface area contributed by atoms with E-state index in [1.165, 1.54) is 18.4 Å². The number of hydrogen-bond acceptors (Lipinski definition) is 4. The van der Waals surface area contributed by atoms with Gasteiger partial charge in [-0.05, 0) is 37.8 Å². The second-order valence-corrected chi connectivity index (χ2v) is 7.12. The summed E-state index contributed by atoms with van der Waals surface area (Å²) >= 11 is 0. The summed E-state index contributed by atoms with van der Waals surface area (Å²) in [4.78, 5) is 19.3. The quantitative estimate of drug-likeness (QED) is 0.867. The van der Waals surface area contributed by atoms with Gasteiger partial charge in [-0.3, -0.25) is 14.7 Å². The highest BCUT2D eigenvalue weighted by atomic mass is 16.5. The van der Waals surface area contributed by atoms with Crippen molar-refractivity contribution in [2.75, 3.05) is 32.8 Å². The third-order valence-electron chi connectivity index (χ3n) is 5.41. The molecule has 1 saturated carbocycles. The average Bonchev–Trinajstić information content (AvgIpc) is 3.07. The van der Waals surface area contributed by atoms with Crippen LogP contribution in [0.1, 0.15) is 43.4 Å². The van der Waals surface area contributed by atoms with Crippen LogP contribution in [0, 0.1) is 6.92 Å². The molecule has 1 saturated heterocycles. The number of nitrogens with zero attached hydrogens (tertiary/aromatic N) is 2. The number of rotatable bonds is 6. The first-order valence-electron chi connectivity index (χ1n) is 9.19. The molecule has 132 valence electrons. The normalized spacial score (nSPS) is 20.9. The molecule has 2 aliphatic rings. The fourth-order valence-corrected chi connectivity index (χ4v) is 4.03. The Balaban J connectivity index is 1.49. The fraction of sp³-hybridized carbons (Fsp3) is 0.684. The van der Waals surface area contributed by atoms with E-state index in [0.29, 0.717) is 13.0 Å². The number of morpholine rings is 1. The topological polar surface area (TPSA) is 54.5 Å². The van der Waals surface area contributed by atoms with E-state index in [0.717, 1.165) is 51.3 Å². The van der Waals surface area contributed by atoms with Crippen molar-refractivity contribution in [1.82, 2.24) is 15.2 Å². The van der Waals surface area contributed by atoms with Crippen LogP contribution in [-0.2, 0) is 16.0 Å². The summed E-state index contributed by atoms with van der Waals surface area (Å²) in [5.74, 6) is 0.184. The van der Waals surface area contributed by atoms with Gasteiger partial charge in [-0.2, -0.15) is 0 Å². The zero-order chi connectivity index (χ0) is 16.8. The molecule has 1 aliphatic heterocycles. The zero-order valence-electron chi connectivity index (χ0n) is 14.7. The highest BCUT2D eigenvalue weighted by molar-refractivity contribution is 5.77. The Morgan fingerprint density at radius 1 is 1.29 bits per heavy atom. The van der Waals surface area contributed by atoms with Crippen molar-refractivity contribution in [2.24, 2.45) is 0 Å². The van der Waals surface area contributed by atoms with Crippen molar-refractivity contribution >= 4 is 5.91 Å². The SMILES string of the molecule is Cc1ccc(CCNC(=O)CC2(N3CCOCC3)CCCC2)cn1. The van der Waals surface area contributed by atoms with Crippen LogP contribution in [0.25, 0.3) is 0 Å². The van der Waals surface area contributed by atoms with E-state index in [1.807, 2.05) is 19.2 Å². The lowest BCUT2D eigenvalue weighted by Gasteiger charge is -2.43. The number of carbonyl (C=O) groups excluding carboxylic acids is 1. The number of pyridine rings is 1. The molecule has 0 spiro atoms. The van der Waals surface area contributed by atoms with Gasteiger partial charge in [0.25, 0.3) is 0 Å². The predicted molar refractivity (Wildman–Crippen MR) is 93.9 cm³/mol. The Kier molecular flexibility index (Phi) is 5.85. The van der Waals surface area contributed by atoms with Crippen molar-refractivity contribution in [1.29, 1.82) is 0 Å². The zero-order valence-corrected chi connectivity index (χ0v) is 14.7. The minimum absolute atomic E-state index is 0.0687. The van der Waals surface area contributed by atoms with Gasteiger partial charge in [-0.15, -0.1) is 0 Å². The second kappa shape index (κ2) is 8.08. The van der Waals surface area contributed by atoms with Gasteiger partial charge in [0, 0.05) is 43.5 Å². The van der Waals surface area contributed by atoms with Crippen molar-refractivity contribution in [3.63, 3.8) is 0 Å². The van der Waals surface area contributed by atoms with E-state index in [4.69, 9.17) is 4.74 Å². The van der Waals surface area contributed by atoms with Crippen molar-refractivity contribution in [2.45, 2.75) is 51.0 Å². The molecule has 0 unspecified atom stereocenters. The first-order chi connectivity index (χ1) is 11.7. The third-order valence-corrected chi connectivity index (χ3v) is 5.41. The number of aryl methyl sites for hydroxylation is 1. The molecular formula is C19H29N3O2. The molecule has 1 aromatic rings. The standard InChI is InChI=1S/C19H29N3O2/c1-16-4-5-17(15-21-16)6-9-20-18(23)14-19(7-2-3-8-19)22-10-12-24-13-11-22/h4-5,15H,2-3,6-14H2,1H3,(H,20,23). The summed E-state index contributed by atoms with van der Waals surface area (Å²) in [7, 11) is 0. The molecule has 5 nitrogen and oxygen atoms in total. The summed E-state index contributed by atoms with van der Waals surface area (Å²) in [5, 5.41) is 3.11. The Morgan fingerprint density at radius 2 is 2.04 bits per heavy atom. The molecule has 0 bridgehead atoms. The average molecular weight is 331 g/mol. The Hall–Kier alpha value is -1.46. The van der Waals surface area contributed by atoms with Gasteiger partial charge in [-0.1, -0.05) is 18.9 Å². The van der Waals surface area contributed by atoms with Crippen LogP contribution in [0.2, 0.25) is 0 Å². The van der Waals surface area contributed by atoms with Crippen LogP contribution in [-0.4, -0.2) is 54.2 Å². The highest BCUT2D eigenvalue weighted by Crippen LogP contribution is 2.38. The lowest BCUT2D eigenvalue weighted by atomic mass is 9.90. The van der Waals surface area contributed by atoms with Crippen LogP contribution in [0.4, 0.5) is 0 Å². The van der Waals surface area contributed by atoms with Crippen LogP contribution < -0.4 is 5.32 Å². The second-order valence-electron chi connectivity index (χ2n) is 7.12. The van der Waals surface area contributed by atoms with E-state index in [1.54, 1.807) is 0 Å². The lowest BCUT2D eigenvalue weighted by molar-refractivity contribution is -0.125.